The highest BCUT2D eigenvalue weighted by atomic mass is 19.1. The Morgan fingerprint density at radius 1 is 1.19 bits per heavy atom. The zero-order chi connectivity index (χ0) is 15.6. The molecule has 1 aromatic heterocycles. The van der Waals surface area contributed by atoms with E-state index in [1.807, 2.05) is 0 Å². The van der Waals surface area contributed by atoms with Gasteiger partial charge >= 0.3 is 0 Å². The molecule has 2 aromatic rings. The summed E-state index contributed by atoms with van der Waals surface area (Å²) < 4.78 is 15.4. The molecule has 0 aliphatic heterocycles. The maximum absolute atomic E-state index is 13.6. The lowest BCUT2D eigenvalue weighted by Crippen LogP contribution is -2.23. The molecule has 2 N–H and O–H groups in total. The van der Waals surface area contributed by atoms with Crippen LogP contribution in [0.1, 0.15) is 27.7 Å². The second kappa shape index (κ2) is 6.20. The van der Waals surface area contributed by atoms with Crippen LogP contribution in [0.3, 0.4) is 0 Å². The van der Waals surface area contributed by atoms with Gasteiger partial charge in [0.2, 0.25) is 0 Å². The lowest BCUT2D eigenvalue weighted by atomic mass is 9.85. The number of nitrogen functional groups attached to an aromatic ring is 1. The molecule has 1 aromatic carbocycles. The molecule has 0 spiro atoms. The molecule has 6 heteroatoms. The topological polar surface area (TPSA) is 69.6 Å². The number of benzene rings is 1. The van der Waals surface area contributed by atoms with Gasteiger partial charge in [-0.2, -0.15) is 0 Å². The standard InChI is InChI=1S/C15H22FN5/c1-9(2)12(10(3)4)8-21-15(18-19-20-21)11-5-6-14(17)13(16)7-11/h5-7,9-10,12H,8,17H2,1-4H3. The van der Waals surface area contributed by atoms with E-state index in [4.69, 9.17) is 5.73 Å². The first-order valence-electron chi connectivity index (χ1n) is 7.21. The first-order valence-corrected chi connectivity index (χ1v) is 7.21. The number of anilines is 1. The second-order valence-corrected chi connectivity index (χ2v) is 6.07. The molecule has 0 amide bonds. The first kappa shape index (κ1) is 15.4. The van der Waals surface area contributed by atoms with Crippen molar-refractivity contribution in [2.75, 3.05) is 5.73 Å². The third-order valence-electron chi connectivity index (χ3n) is 3.89. The number of aromatic nitrogens is 4. The van der Waals surface area contributed by atoms with Crippen LogP contribution in [0.15, 0.2) is 18.2 Å². The van der Waals surface area contributed by atoms with Crippen molar-refractivity contribution < 1.29 is 4.39 Å². The maximum atomic E-state index is 13.6. The van der Waals surface area contributed by atoms with E-state index < -0.39 is 5.82 Å². The molecule has 0 aliphatic carbocycles. The van der Waals surface area contributed by atoms with E-state index in [0.29, 0.717) is 35.7 Å². The molecule has 0 atom stereocenters. The van der Waals surface area contributed by atoms with E-state index in [1.165, 1.54) is 12.1 Å². The van der Waals surface area contributed by atoms with Crippen LogP contribution in [-0.4, -0.2) is 20.2 Å². The minimum Gasteiger partial charge on any atom is -0.396 e. The molecule has 2 rings (SSSR count). The van der Waals surface area contributed by atoms with Gasteiger partial charge in [0, 0.05) is 12.1 Å². The molecule has 0 radical (unpaired) electrons. The first-order chi connectivity index (χ1) is 9.90. The van der Waals surface area contributed by atoms with Crippen LogP contribution >= 0.6 is 0 Å². The van der Waals surface area contributed by atoms with Gasteiger partial charge in [-0.15, -0.1) is 5.10 Å². The zero-order valence-electron chi connectivity index (χ0n) is 12.9. The van der Waals surface area contributed by atoms with Crippen molar-refractivity contribution in [1.82, 2.24) is 20.2 Å². The fourth-order valence-electron chi connectivity index (χ4n) is 2.59. The Balaban J connectivity index is 2.31. The van der Waals surface area contributed by atoms with Gasteiger partial charge in [-0.05, 0) is 46.4 Å². The Kier molecular flexibility index (Phi) is 4.55. The molecule has 114 valence electrons. The van der Waals surface area contributed by atoms with Crippen molar-refractivity contribution in [3.05, 3.63) is 24.0 Å². The van der Waals surface area contributed by atoms with Gasteiger partial charge in [0.25, 0.3) is 0 Å². The van der Waals surface area contributed by atoms with E-state index in [1.54, 1.807) is 10.7 Å². The summed E-state index contributed by atoms with van der Waals surface area (Å²) in [4.78, 5) is 0. The third-order valence-corrected chi connectivity index (χ3v) is 3.89. The fraction of sp³-hybridized carbons (Fsp3) is 0.533. The van der Waals surface area contributed by atoms with Crippen molar-refractivity contribution in [2.24, 2.45) is 17.8 Å². The highest BCUT2D eigenvalue weighted by molar-refractivity contribution is 5.59. The molecule has 5 nitrogen and oxygen atoms in total. The average Bonchev–Trinajstić information content (AvgIpc) is 2.86. The molecule has 1 heterocycles. The van der Waals surface area contributed by atoms with Crippen molar-refractivity contribution in [3.8, 4) is 11.4 Å². The van der Waals surface area contributed by atoms with Gasteiger partial charge in [0.1, 0.15) is 5.82 Å². The minimum atomic E-state index is -0.452. The van der Waals surface area contributed by atoms with Gasteiger partial charge in [0.15, 0.2) is 5.82 Å². The Morgan fingerprint density at radius 2 is 1.86 bits per heavy atom. The number of nitrogens with two attached hydrogens (primary N) is 1. The molecular weight excluding hydrogens is 269 g/mol. The van der Waals surface area contributed by atoms with Crippen molar-refractivity contribution >= 4 is 5.69 Å². The van der Waals surface area contributed by atoms with Crippen molar-refractivity contribution in [3.63, 3.8) is 0 Å². The number of hydrogen-bond acceptors (Lipinski definition) is 4. The van der Waals surface area contributed by atoms with E-state index in [9.17, 15) is 4.39 Å². The molecule has 0 bridgehead atoms. The summed E-state index contributed by atoms with van der Waals surface area (Å²) in [6.07, 6.45) is 0. The highest BCUT2D eigenvalue weighted by Crippen LogP contribution is 2.25. The molecule has 21 heavy (non-hydrogen) atoms. The predicted octanol–water partition coefficient (Wildman–Crippen LogP) is 2.99. The molecular formula is C15H22FN5. The number of halogens is 1. The summed E-state index contributed by atoms with van der Waals surface area (Å²) in [5.41, 5.74) is 6.27. The van der Waals surface area contributed by atoms with Crippen LogP contribution in [0.2, 0.25) is 0 Å². The summed E-state index contributed by atoms with van der Waals surface area (Å²) in [7, 11) is 0. The van der Waals surface area contributed by atoms with Crippen molar-refractivity contribution in [2.45, 2.75) is 34.2 Å². The smallest absolute Gasteiger partial charge is 0.182 e. The van der Waals surface area contributed by atoms with Crippen LogP contribution < -0.4 is 5.73 Å². The second-order valence-electron chi connectivity index (χ2n) is 6.07. The third kappa shape index (κ3) is 3.37. The van der Waals surface area contributed by atoms with E-state index in [2.05, 4.69) is 43.2 Å². The molecule has 0 aliphatic rings. The molecule has 0 saturated carbocycles. The van der Waals surface area contributed by atoms with Gasteiger partial charge in [-0.25, -0.2) is 9.07 Å². The van der Waals surface area contributed by atoms with E-state index >= 15 is 0 Å². The van der Waals surface area contributed by atoms with E-state index in [-0.39, 0.29) is 5.69 Å². The zero-order valence-corrected chi connectivity index (χ0v) is 12.9. The monoisotopic (exact) mass is 291 g/mol. The molecule has 0 saturated heterocycles. The van der Waals surface area contributed by atoms with Gasteiger partial charge in [-0.1, -0.05) is 27.7 Å². The summed E-state index contributed by atoms with van der Waals surface area (Å²) in [6.45, 7) is 9.48. The fourth-order valence-corrected chi connectivity index (χ4v) is 2.59. The minimum absolute atomic E-state index is 0.125. The molecule has 0 unspecified atom stereocenters. The number of rotatable bonds is 5. The van der Waals surface area contributed by atoms with Crippen LogP contribution in [0.25, 0.3) is 11.4 Å². The highest BCUT2D eigenvalue weighted by Gasteiger charge is 2.21. The largest absolute Gasteiger partial charge is 0.396 e. The lowest BCUT2D eigenvalue weighted by molar-refractivity contribution is 0.242. The Labute approximate surface area is 124 Å². The van der Waals surface area contributed by atoms with Crippen LogP contribution in [0.5, 0.6) is 0 Å². The van der Waals surface area contributed by atoms with Crippen LogP contribution in [0.4, 0.5) is 10.1 Å². The SMILES string of the molecule is CC(C)C(Cn1nnnc1-c1ccc(N)c(F)c1)C(C)C. The number of hydrogen-bond donors (Lipinski definition) is 1. The molecule has 0 fully saturated rings. The Hall–Kier alpha value is -1.98. The van der Waals surface area contributed by atoms with Crippen LogP contribution in [0, 0.1) is 23.6 Å². The van der Waals surface area contributed by atoms with Crippen molar-refractivity contribution in [1.29, 1.82) is 0 Å². The number of nitrogens with zero attached hydrogens (tertiary/aromatic N) is 4. The summed E-state index contributed by atoms with van der Waals surface area (Å²) in [6, 6.07) is 4.64. The van der Waals surface area contributed by atoms with E-state index in [0.717, 1.165) is 0 Å². The summed E-state index contributed by atoms with van der Waals surface area (Å²) in [5, 5.41) is 11.8. The van der Waals surface area contributed by atoms with Gasteiger partial charge in [0.05, 0.1) is 5.69 Å². The Bertz CT molecular complexity index is 598. The number of tetrazole rings is 1. The lowest BCUT2D eigenvalue weighted by Gasteiger charge is -2.24. The summed E-state index contributed by atoms with van der Waals surface area (Å²) >= 11 is 0. The van der Waals surface area contributed by atoms with Gasteiger partial charge in [-0.3, -0.25) is 0 Å². The predicted molar refractivity (Wildman–Crippen MR) is 80.8 cm³/mol. The maximum Gasteiger partial charge on any atom is 0.182 e. The van der Waals surface area contributed by atoms with Crippen LogP contribution in [-0.2, 0) is 6.54 Å². The normalized spacial score (nSPS) is 11.8. The Morgan fingerprint density at radius 3 is 2.43 bits per heavy atom. The average molecular weight is 291 g/mol. The summed E-state index contributed by atoms with van der Waals surface area (Å²) in [5.74, 6) is 1.60. The van der Waals surface area contributed by atoms with Gasteiger partial charge < -0.3 is 5.73 Å². The quantitative estimate of drug-likeness (QED) is 0.860.